The summed E-state index contributed by atoms with van der Waals surface area (Å²) in [6.07, 6.45) is 0.343. The molecule has 0 amide bonds. The Hall–Kier alpha value is -2.67. The lowest BCUT2D eigenvalue weighted by Gasteiger charge is -2.36. The molecule has 3 aromatic rings. The van der Waals surface area contributed by atoms with Gasteiger partial charge in [-0.2, -0.15) is 13.2 Å². The van der Waals surface area contributed by atoms with Gasteiger partial charge >= 0.3 is 6.18 Å². The minimum absolute atomic E-state index is 0.0179. The van der Waals surface area contributed by atoms with Gasteiger partial charge in [0.2, 0.25) is 0 Å². The molecule has 1 atom stereocenters. The minimum Gasteiger partial charge on any atom is -0.291 e. The smallest absolute Gasteiger partial charge is 0.291 e. The molecule has 0 radical (unpaired) electrons. The number of rotatable bonds is 3. The number of halogens is 3. The summed E-state index contributed by atoms with van der Waals surface area (Å²) >= 11 is 0. The highest BCUT2D eigenvalue weighted by molar-refractivity contribution is 5.40. The number of aromatic nitrogens is 2. The maximum absolute atomic E-state index is 12.9. The van der Waals surface area contributed by atoms with Crippen molar-refractivity contribution in [1.82, 2.24) is 14.3 Å². The van der Waals surface area contributed by atoms with Crippen LogP contribution in [0.4, 0.5) is 13.2 Å². The highest BCUT2D eigenvalue weighted by Crippen LogP contribution is 2.34. The number of hydrogen-bond donors (Lipinski definition) is 0. The summed E-state index contributed by atoms with van der Waals surface area (Å²) in [7, 11) is 0. The van der Waals surface area contributed by atoms with E-state index in [0.717, 1.165) is 49.1 Å². The van der Waals surface area contributed by atoms with E-state index < -0.39 is 11.7 Å². The Morgan fingerprint density at radius 1 is 1.10 bits per heavy atom. The molecule has 7 heteroatoms. The van der Waals surface area contributed by atoms with Gasteiger partial charge in [-0.25, -0.2) is 4.98 Å². The standard InChI is InChI=1S/C22H22F3N3O/c1-15-5-10-20-26-18(12-21(29)28(20)13-15)14-27-11-3-2-4-19(27)16-6-8-17(9-7-16)22(23,24)25/h5-10,12-13,19H,2-4,11,14H2,1H3. The SMILES string of the molecule is Cc1ccc2nc(CN3CCCCC3c3ccc(C(F)(F)F)cc3)cc(=O)n2c1. The summed E-state index contributed by atoms with van der Waals surface area (Å²) in [5.74, 6) is 0. The fourth-order valence-electron chi connectivity index (χ4n) is 4.00. The average Bonchev–Trinajstić information content (AvgIpc) is 2.69. The van der Waals surface area contributed by atoms with Gasteiger partial charge in [-0.1, -0.05) is 24.6 Å². The quantitative estimate of drug-likeness (QED) is 0.636. The fourth-order valence-corrected chi connectivity index (χ4v) is 4.00. The number of alkyl halides is 3. The summed E-state index contributed by atoms with van der Waals surface area (Å²) < 4.78 is 40.1. The first kappa shape index (κ1) is 19.6. The second kappa shape index (κ2) is 7.63. The molecule has 4 rings (SSSR count). The van der Waals surface area contributed by atoms with Crippen LogP contribution in [0.25, 0.3) is 5.65 Å². The predicted octanol–water partition coefficient (Wildman–Crippen LogP) is 4.75. The van der Waals surface area contributed by atoms with Crippen molar-refractivity contribution in [2.24, 2.45) is 0 Å². The fraction of sp³-hybridized carbons (Fsp3) is 0.364. The molecule has 0 spiro atoms. The molecule has 152 valence electrons. The highest BCUT2D eigenvalue weighted by atomic mass is 19.4. The maximum Gasteiger partial charge on any atom is 0.416 e. The molecular formula is C22H22F3N3O. The van der Waals surface area contributed by atoms with Crippen molar-refractivity contribution in [2.45, 2.75) is 44.9 Å². The zero-order valence-electron chi connectivity index (χ0n) is 16.1. The number of nitrogens with zero attached hydrogens (tertiary/aromatic N) is 3. The first-order chi connectivity index (χ1) is 13.8. The van der Waals surface area contributed by atoms with Crippen molar-refractivity contribution < 1.29 is 13.2 Å². The third kappa shape index (κ3) is 4.19. The summed E-state index contributed by atoms with van der Waals surface area (Å²) in [5, 5.41) is 0. The lowest BCUT2D eigenvalue weighted by molar-refractivity contribution is -0.137. The Bertz CT molecular complexity index is 1070. The van der Waals surface area contributed by atoms with Crippen LogP contribution in [0.5, 0.6) is 0 Å². The number of pyridine rings is 1. The third-order valence-corrected chi connectivity index (χ3v) is 5.46. The van der Waals surface area contributed by atoms with E-state index in [-0.39, 0.29) is 11.6 Å². The zero-order valence-corrected chi connectivity index (χ0v) is 16.1. The number of fused-ring (bicyclic) bond motifs is 1. The van der Waals surface area contributed by atoms with Gasteiger partial charge in [-0.05, 0) is 55.6 Å². The molecule has 1 saturated heterocycles. The summed E-state index contributed by atoms with van der Waals surface area (Å²) in [6.45, 7) is 3.23. The van der Waals surface area contributed by atoms with Crippen LogP contribution < -0.4 is 5.56 Å². The van der Waals surface area contributed by atoms with Crippen molar-refractivity contribution in [3.63, 3.8) is 0 Å². The lowest BCUT2D eigenvalue weighted by atomic mass is 9.94. The van der Waals surface area contributed by atoms with Crippen molar-refractivity contribution in [3.8, 4) is 0 Å². The summed E-state index contributed by atoms with van der Waals surface area (Å²) in [5.41, 5.74) is 2.36. The first-order valence-electron chi connectivity index (χ1n) is 9.71. The monoisotopic (exact) mass is 401 g/mol. The molecule has 0 N–H and O–H groups in total. The lowest BCUT2D eigenvalue weighted by Crippen LogP contribution is -2.33. The number of benzene rings is 1. The third-order valence-electron chi connectivity index (χ3n) is 5.46. The largest absolute Gasteiger partial charge is 0.416 e. The molecule has 0 saturated carbocycles. The molecule has 4 nitrogen and oxygen atoms in total. The van der Waals surface area contributed by atoms with Gasteiger partial charge in [0.25, 0.3) is 5.56 Å². The molecule has 3 heterocycles. The summed E-state index contributed by atoms with van der Waals surface area (Å²) in [6, 6.07) is 10.7. The maximum atomic E-state index is 12.9. The number of likely N-dealkylation sites (tertiary alicyclic amines) is 1. The van der Waals surface area contributed by atoms with Gasteiger partial charge in [-0.15, -0.1) is 0 Å². The van der Waals surface area contributed by atoms with Crippen molar-refractivity contribution >= 4 is 5.65 Å². The van der Waals surface area contributed by atoms with Crippen molar-refractivity contribution in [1.29, 1.82) is 0 Å². The molecule has 1 aromatic carbocycles. The van der Waals surface area contributed by atoms with E-state index in [9.17, 15) is 18.0 Å². The van der Waals surface area contributed by atoms with Crippen LogP contribution in [0.1, 0.15) is 47.7 Å². The van der Waals surface area contributed by atoms with Crippen LogP contribution in [0.15, 0.2) is 53.5 Å². The van der Waals surface area contributed by atoms with E-state index in [0.29, 0.717) is 17.9 Å². The van der Waals surface area contributed by atoms with E-state index in [1.54, 1.807) is 24.4 Å². The van der Waals surface area contributed by atoms with Crippen LogP contribution in [-0.4, -0.2) is 20.8 Å². The molecule has 29 heavy (non-hydrogen) atoms. The van der Waals surface area contributed by atoms with Gasteiger partial charge < -0.3 is 0 Å². The highest BCUT2D eigenvalue weighted by Gasteiger charge is 2.31. The topological polar surface area (TPSA) is 37.6 Å². The number of aryl methyl sites for hydroxylation is 1. The van der Waals surface area contributed by atoms with E-state index in [4.69, 9.17) is 0 Å². The Kier molecular flexibility index (Phi) is 5.17. The number of hydrogen-bond acceptors (Lipinski definition) is 3. The molecule has 1 fully saturated rings. The molecule has 0 aliphatic carbocycles. The van der Waals surface area contributed by atoms with Crippen LogP contribution in [-0.2, 0) is 12.7 Å². The van der Waals surface area contributed by atoms with Crippen molar-refractivity contribution in [2.75, 3.05) is 6.54 Å². The van der Waals surface area contributed by atoms with Gasteiger partial charge in [0.05, 0.1) is 11.3 Å². The Morgan fingerprint density at radius 2 is 1.86 bits per heavy atom. The molecule has 1 aliphatic heterocycles. The van der Waals surface area contributed by atoms with E-state index >= 15 is 0 Å². The van der Waals surface area contributed by atoms with Gasteiger partial charge in [-0.3, -0.25) is 14.1 Å². The van der Waals surface area contributed by atoms with Gasteiger partial charge in [0.15, 0.2) is 0 Å². The van der Waals surface area contributed by atoms with E-state index in [2.05, 4.69) is 9.88 Å². The molecule has 0 bridgehead atoms. The second-order valence-electron chi connectivity index (χ2n) is 7.62. The van der Waals surface area contributed by atoms with Gasteiger partial charge in [0.1, 0.15) is 5.65 Å². The second-order valence-corrected chi connectivity index (χ2v) is 7.62. The predicted molar refractivity (Wildman–Crippen MR) is 105 cm³/mol. The van der Waals surface area contributed by atoms with Gasteiger partial charge in [0, 0.05) is 24.8 Å². The molecule has 1 unspecified atom stereocenters. The first-order valence-corrected chi connectivity index (χ1v) is 9.71. The summed E-state index contributed by atoms with van der Waals surface area (Å²) in [4.78, 5) is 19.3. The zero-order chi connectivity index (χ0) is 20.6. The average molecular weight is 401 g/mol. The van der Waals surface area contributed by atoms with Crippen molar-refractivity contribution in [3.05, 3.63) is 81.4 Å². The Labute approximate surface area is 166 Å². The number of piperidine rings is 1. The molecular weight excluding hydrogens is 379 g/mol. The van der Waals surface area contributed by atoms with Crippen LogP contribution in [0, 0.1) is 6.92 Å². The van der Waals surface area contributed by atoms with E-state index in [1.807, 2.05) is 19.1 Å². The van der Waals surface area contributed by atoms with E-state index in [1.165, 1.54) is 4.40 Å². The Balaban J connectivity index is 1.61. The van der Waals surface area contributed by atoms with Crippen LogP contribution >= 0.6 is 0 Å². The molecule has 1 aliphatic rings. The Morgan fingerprint density at radius 3 is 2.59 bits per heavy atom. The normalized spacial score (nSPS) is 18.3. The minimum atomic E-state index is -4.33. The van der Waals surface area contributed by atoms with Crippen LogP contribution in [0.2, 0.25) is 0 Å². The van der Waals surface area contributed by atoms with Crippen LogP contribution in [0.3, 0.4) is 0 Å². The molecule has 2 aromatic heterocycles.